The highest BCUT2D eigenvalue weighted by Gasteiger charge is 2.28. The lowest BCUT2D eigenvalue weighted by atomic mass is 10.0. The van der Waals surface area contributed by atoms with Crippen LogP contribution >= 0.6 is 0 Å². The molecule has 206 valence electrons. The lowest BCUT2D eigenvalue weighted by molar-refractivity contribution is -0.134. The summed E-state index contributed by atoms with van der Waals surface area (Å²) in [5.41, 5.74) is 6.02. The number of nitrogens with zero attached hydrogens (tertiary/aromatic N) is 4. The summed E-state index contributed by atoms with van der Waals surface area (Å²) in [7, 11) is 0. The van der Waals surface area contributed by atoms with E-state index in [-0.39, 0.29) is 30.2 Å². The predicted molar refractivity (Wildman–Crippen MR) is 139 cm³/mol. The zero-order valence-electron chi connectivity index (χ0n) is 22.2. The first-order valence-electron chi connectivity index (χ1n) is 13.1. The van der Waals surface area contributed by atoms with Crippen LogP contribution in [0.3, 0.4) is 0 Å². The van der Waals surface area contributed by atoms with Crippen LogP contribution in [0.4, 0.5) is 4.79 Å². The van der Waals surface area contributed by atoms with Crippen LogP contribution in [0.15, 0.2) is 16.9 Å². The van der Waals surface area contributed by atoms with Crippen molar-refractivity contribution in [2.24, 2.45) is 10.7 Å². The maximum Gasteiger partial charge on any atom is 0.407 e. The fourth-order valence-electron chi connectivity index (χ4n) is 4.61. The van der Waals surface area contributed by atoms with Crippen molar-refractivity contribution in [2.45, 2.75) is 70.6 Å². The Kier molecular flexibility index (Phi) is 9.90. The average molecular weight is 520 g/mol. The molecule has 0 bridgehead atoms. The molecule has 0 saturated carbocycles. The van der Waals surface area contributed by atoms with Crippen LogP contribution in [0.1, 0.15) is 52.9 Å². The van der Waals surface area contributed by atoms with Gasteiger partial charge in [0, 0.05) is 77.1 Å². The summed E-state index contributed by atoms with van der Waals surface area (Å²) in [4.78, 5) is 58.5. The van der Waals surface area contributed by atoms with Crippen LogP contribution in [0.25, 0.3) is 0 Å². The molecule has 3 heterocycles. The quantitative estimate of drug-likeness (QED) is 0.319. The van der Waals surface area contributed by atoms with Crippen molar-refractivity contribution in [1.82, 2.24) is 25.3 Å². The van der Waals surface area contributed by atoms with Gasteiger partial charge in [-0.05, 0) is 40.0 Å². The van der Waals surface area contributed by atoms with E-state index >= 15 is 0 Å². The van der Waals surface area contributed by atoms with Gasteiger partial charge < -0.3 is 25.6 Å². The second kappa shape index (κ2) is 12.9. The molecule has 37 heavy (non-hydrogen) atoms. The first-order valence-corrected chi connectivity index (χ1v) is 13.1. The molecule has 12 heteroatoms. The maximum absolute atomic E-state index is 12.7. The molecule has 4 N–H and O–H groups in total. The third-order valence-corrected chi connectivity index (χ3v) is 6.72. The number of piperazine rings is 1. The van der Waals surface area contributed by atoms with Crippen LogP contribution in [0.5, 0.6) is 0 Å². The van der Waals surface area contributed by atoms with E-state index < -0.39 is 17.7 Å². The number of nitrogens with two attached hydrogens (primary N) is 1. The van der Waals surface area contributed by atoms with Gasteiger partial charge in [-0.2, -0.15) is 0 Å². The normalized spacial score (nSPS) is 22.8. The molecule has 3 saturated heterocycles. The fraction of sp³-hybridized carbons (Fsp3) is 0.720. The van der Waals surface area contributed by atoms with Crippen molar-refractivity contribution in [3.8, 4) is 0 Å². The lowest BCUT2D eigenvalue weighted by Gasteiger charge is -2.37. The number of alkyl carbamates (subject to hydrolysis) is 1. The van der Waals surface area contributed by atoms with E-state index in [2.05, 4.69) is 25.4 Å². The molecule has 0 aromatic heterocycles. The van der Waals surface area contributed by atoms with Crippen LogP contribution in [-0.4, -0.2) is 108 Å². The third kappa shape index (κ3) is 9.03. The Hall–Kier alpha value is -3.15. The molecule has 12 nitrogen and oxygen atoms in total. The summed E-state index contributed by atoms with van der Waals surface area (Å²) < 4.78 is 5.31. The van der Waals surface area contributed by atoms with Gasteiger partial charge in [0.2, 0.25) is 11.8 Å². The lowest BCUT2D eigenvalue weighted by Crippen LogP contribution is -2.49. The summed E-state index contributed by atoms with van der Waals surface area (Å²) in [5.74, 6) is -0.501. The van der Waals surface area contributed by atoms with Crippen molar-refractivity contribution in [2.75, 3.05) is 45.8 Å². The van der Waals surface area contributed by atoms with E-state index in [1.807, 2.05) is 25.7 Å². The Bertz CT molecular complexity index is 898. The zero-order valence-corrected chi connectivity index (χ0v) is 22.2. The molecule has 3 aliphatic rings. The minimum absolute atomic E-state index is 0.0234. The number of imide groups is 1. The minimum Gasteiger partial charge on any atom is -0.444 e. The van der Waals surface area contributed by atoms with Crippen molar-refractivity contribution >= 4 is 30.0 Å². The predicted octanol–water partition coefficient (Wildman–Crippen LogP) is 0.186. The van der Waals surface area contributed by atoms with Gasteiger partial charge in [0.05, 0.1) is 5.70 Å². The number of amides is 4. The summed E-state index contributed by atoms with van der Waals surface area (Å²) in [6.45, 7) is 10.5. The number of aliphatic imine (C=N–C) groups is 1. The van der Waals surface area contributed by atoms with E-state index in [1.165, 1.54) is 6.20 Å². The van der Waals surface area contributed by atoms with Gasteiger partial charge in [-0.15, -0.1) is 0 Å². The summed E-state index contributed by atoms with van der Waals surface area (Å²) >= 11 is 0. The first-order chi connectivity index (χ1) is 17.5. The molecule has 3 rings (SSSR count). The second-order valence-corrected chi connectivity index (χ2v) is 10.7. The Morgan fingerprint density at radius 2 is 1.76 bits per heavy atom. The molecule has 3 aliphatic heterocycles. The van der Waals surface area contributed by atoms with Crippen LogP contribution < -0.4 is 16.4 Å². The SMILES string of the molecule is CC(C)(C)OC(=O)NC1CCN(C(=O)CCN2CCN(C(C=NC3CCC(=O)NC3=O)=CN)CC2)CC1. The van der Waals surface area contributed by atoms with E-state index in [4.69, 9.17) is 10.5 Å². The second-order valence-electron chi connectivity index (χ2n) is 10.7. The molecule has 4 amide bonds. The van der Waals surface area contributed by atoms with Crippen molar-refractivity contribution in [3.63, 3.8) is 0 Å². The first kappa shape index (κ1) is 28.4. The highest BCUT2D eigenvalue weighted by molar-refractivity contribution is 6.01. The maximum atomic E-state index is 12.7. The number of piperidine rings is 2. The highest BCUT2D eigenvalue weighted by atomic mass is 16.6. The van der Waals surface area contributed by atoms with E-state index in [1.54, 1.807) is 6.21 Å². The molecule has 0 aromatic carbocycles. The Morgan fingerprint density at radius 3 is 2.35 bits per heavy atom. The number of nitrogens with one attached hydrogen (secondary N) is 2. The largest absolute Gasteiger partial charge is 0.444 e. The van der Waals surface area contributed by atoms with Crippen molar-refractivity contribution in [3.05, 3.63) is 11.9 Å². The Morgan fingerprint density at radius 1 is 1.08 bits per heavy atom. The van der Waals surface area contributed by atoms with E-state index in [0.29, 0.717) is 32.5 Å². The molecule has 1 unspecified atom stereocenters. The van der Waals surface area contributed by atoms with Gasteiger partial charge in [-0.1, -0.05) is 0 Å². The minimum atomic E-state index is -0.571. The van der Waals surface area contributed by atoms with Crippen LogP contribution in [-0.2, 0) is 19.1 Å². The average Bonchev–Trinajstić information content (AvgIpc) is 2.84. The van der Waals surface area contributed by atoms with Gasteiger partial charge in [-0.25, -0.2) is 4.79 Å². The Balaban J connectivity index is 1.34. The number of hydrogen-bond acceptors (Lipinski definition) is 9. The number of carbonyl (C=O) groups is 4. The zero-order chi connectivity index (χ0) is 27.0. The smallest absolute Gasteiger partial charge is 0.407 e. The number of ether oxygens (including phenoxy) is 1. The topological polar surface area (TPSA) is 150 Å². The molecule has 0 aliphatic carbocycles. The van der Waals surface area contributed by atoms with E-state index in [0.717, 1.165) is 44.7 Å². The summed E-state index contributed by atoms with van der Waals surface area (Å²) in [5, 5.41) is 5.20. The van der Waals surface area contributed by atoms with Crippen molar-refractivity contribution < 1.29 is 23.9 Å². The van der Waals surface area contributed by atoms with Gasteiger partial charge >= 0.3 is 6.09 Å². The van der Waals surface area contributed by atoms with Gasteiger partial charge in [0.15, 0.2) is 0 Å². The monoisotopic (exact) mass is 519 g/mol. The highest BCUT2D eigenvalue weighted by Crippen LogP contribution is 2.15. The number of rotatable bonds is 7. The van der Waals surface area contributed by atoms with Crippen molar-refractivity contribution in [1.29, 1.82) is 0 Å². The number of hydrogen-bond donors (Lipinski definition) is 3. The standard InChI is InChI=1S/C25H41N7O5/c1-25(2,3)37-24(36)28-18-6-10-32(11-7-18)22(34)8-9-30-12-14-31(15-13-30)19(16-26)17-27-20-4-5-21(33)29-23(20)35/h16-18,20H,4-15,26H2,1-3H3,(H,28,36)(H,29,33,35). The molecule has 0 spiro atoms. The summed E-state index contributed by atoms with van der Waals surface area (Å²) in [6, 6.07) is -0.548. The van der Waals surface area contributed by atoms with E-state index in [9.17, 15) is 19.2 Å². The van der Waals surface area contributed by atoms with Crippen LogP contribution in [0.2, 0.25) is 0 Å². The third-order valence-electron chi connectivity index (χ3n) is 6.72. The molecule has 0 radical (unpaired) electrons. The fourth-order valence-corrected chi connectivity index (χ4v) is 4.61. The Labute approximate surface area is 218 Å². The van der Waals surface area contributed by atoms with Gasteiger partial charge in [0.1, 0.15) is 11.6 Å². The van der Waals surface area contributed by atoms with Gasteiger partial charge in [-0.3, -0.25) is 29.6 Å². The molecule has 3 fully saturated rings. The molecular weight excluding hydrogens is 478 g/mol. The van der Waals surface area contributed by atoms with Crippen LogP contribution in [0, 0.1) is 0 Å². The molecular formula is C25H41N7O5. The number of carbonyl (C=O) groups excluding carboxylic acids is 4. The molecule has 1 atom stereocenters. The number of likely N-dealkylation sites (tertiary alicyclic amines) is 1. The van der Waals surface area contributed by atoms with Gasteiger partial charge in [0.25, 0.3) is 5.91 Å². The molecule has 0 aromatic rings. The number of allylic oxidation sites excluding steroid dienone is 1. The summed E-state index contributed by atoms with van der Waals surface area (Å²) in [6.07, 6.45) is 5.27.